The molecule has 0 fully saturated rings. The van der Waals surface area contributed by atoms with Crippen molar-refractivity contribution in [3.8, 4) is 0 Å². The van der Waals surface area contributed by atoms with Crippen molar-refractivity contribution in [1.82, 2.24) is 14.8 Å². The highest BCUT2D eigenvalue weighted by atomic mass is 35.5. The molecule has 0 atom stereocenters. The van der Waals surface area contributed by atoms with Gasteiger partial charge in [-0.2, -0.15) is 0 Å². The molecular weight excluding hydrogens is 412 g/mol. The Morgan fingerprint density at radius 2 is 1.86 bits per heavy atom. The third-order valence-corrected chi connectivity index (χ3v) is 6.63. The first-order valence-electron chi connectivity index (χ1n) is 8.69. The molecule has 0 saturated heterocycles. The Hall–Kier alpha value is -1.96. The predicted octanol–water partition coefficient (Wildman–Crippen LogP) is 5.11. The SMILES string of the molecule is Cc1ccc(SCc2nnc(SCC(=O)Nc3cccc(Cl)c3C)n2C)cc1. The summed E-state index contributed by atoms with van der Waals surface area (Å²) in [6.45, 7) is 3.95. The molecule has 3 rings (SSSR count). The normalized spacial score (nSPS) is 10.9. The standard InChI is InChI=1S/C20H21ClN4OS2/c1-13-7-9-15(10-8-13)27-11-18-23-24-20(25(18)3)28-12-19(26)22-17-6-4-5-16(21)14(17)2/h4-10H,11-12H2,1-3H3,(H,22,26). The summed E-state index contributed by atoms with van der Waals surface area (Å²) < 4.78 is 1.93. The number of amides is 1. The second-order valence-corrected chi connectivity index (χ2v) is 8.71. The van der Waals surface area contributed by atoms with E-state index in [2.05, 4.69) is 46.7 Å². The maximum absolute atomic E-state index is 12.3. The number of benzene rings is 2. The van der Waals surface area contributed by atoms with Crippen LogP contribution in [0.15, 0.2) is 52.5 Å². The first-order valence-corrected chi connectivity index (χ1v) is 11.0. The van der Waals surface area contributed by atoms with E-state index >= 15 is 0 Å². The van der Waals surface area contributed by atoms with E-state index in [4.69, 9.17) is 11.6 Å². The van der Waals surface area contributed by atoms with Crippen LogP contribution in [0.5, 0.6) is 0 Å². The van der Waals surface area contributed by atoms with Gasteiger partial charge in [-0.1, -0.05) is 47.1 Å². The summed E-state index contributed by atoms with van der Waals surface area (Å²) in [6.07, 6.45) is 0. The fourth-order valence-corrected chi connectivity index (χ4v) is 4.22. The summed E-state index contributed by atoms with van der Waals surface area (Å²) in [4.78, 5) is 13.5. The number of anilines is 1. The molecule has 0 aliphatic carbocycles. The zero-order valence-corrected chi connectivity index (χ0v) is 18.3. The van der Waals surface area contributed by atoms with Gasteiger partial charge in [0, 0.05) is 22.7 Å². The number of carbonyl (C=O) groups excluding carboxylic acids is 1. The molecule has 2 aromatic carbocycles. The van der Waals surface area contributed by atoms with Crippen LogP contribution in [-0.2, 0) is 17.6 Å². The Bertz CT molecular complexity index is 973. The van der Waals surface area contributed by atoms with Crippen molar-refractivity contribution >= 4 is 46.7 Å². The molecule has 0 aliphatic rings. The Labute approximate surface area is 178 Å². The van der Waals surface area contributed by atoms with E-state index in [0.717, 1.165) is 28.0 Å². The zero-order chi connectivity index (χ0) is 20.1. The minimum absolute atomic E-state index is 0.103. The van der Waals surface area contributed by atoms with Crippen molar-refractivity contribution in [3.63, 3.8) is 0 Å². The topological polar surface area (TPSA) is 59.8 Å². The molecule has 5 nitrogen and oxygen atoms in total. The number of hydrogen-bond acceptors (Lipinski definition) is 5. The second-order valence-electron chi connectivity index (χ2n) is 6.31. The quantitative estimate of drug-likeness (QED) is 0.526. The van der Waals surface area contributed by atoms with Crippen LogP contribution in [0.25, 0.3) is 0 Å². The third-order valence-electron chi connectivity index (χ3n) is 4.19. The molecule has 1 heterocycles. The van der Waals surface area contributed by atoms with Gasteiger partial charge in [0.2, 0.25) is 5.91 Å². The average Bonchev–Trinajstić information content (AvgIpc) is 3.03. The number of thioether (sulfide) groups is 2. The molecule has 0 radical (unpaired) electrons. The Morgan fingerprint density at radius 1 is 1.11 bits per heavy atom. The highest BCUT2D eigenvalue weighted by molar-refractivity contribution is 7.99. The fourth-order valence-electron chi connectivity index (χ4n) is 2.44. The number of aromatic nitrogens is 3. The first kappa shape index (κ1) is 20.8. The van der Waals surface area contributed by atoms with E-state index in [1.807, 2.05) is 30.7 Å². The molecule has 1 aromatic heterocycles. The van der Waals surface area contributed by atoms with E-state index in [1.54, 1.807) is 17.8 Å². The van der Waals surface area contributed by atoms with Crippen molar-refractivity contribution in [2.75, 3.05) is 11.1 Å². The number of rotatable bonds is 7. The van der Waals surface area contributed by atoms with Crippen molar-refractivity contribution in [3.05, 3.63) is 64.4 Å². The molecule has 0 aliphatic heterocycles. The summed E-state index contributed by atoms with van der Waals surface area (Å²) in [7, 11) is 1.92. The van der Waals surface area contributed by atoms with E-state index in [-0.39, 0.29) is 11.7 Å². The van der Waals surface area contributed by atoms with Gasteiger partial charge in [0.05, 0.1) is 11.5 Å². The molecule has 146 valence electrons. The lowest BCUT2D eigenvalue weighted by Gasteiger charge is -2.09. The lowest BCUT2D eigenvalue weighted by molar-refractivity contribution is -0.113. The monoisotopic (exact) mass is 432 g/mol. The molecule has 28 heavy (non-hydrogen) atoms. The molecule has 8 heteroatoms. The van der Waals surface area contributed by atoms with Crippen molar-refractivity contribution in [2.45, 2.75) is 29.7 Å². The number of halogens is 1. The summed E-state index contributed by atoms with van der Waals surface area (Å²) >= 11 is 9.17. The minimum atomic E-state index is -0.103. The largest absolute Gasteiger partial charge is 0.325 e. The van der Waals surface area contributed by atoms with Gasteiger partial charge in [-0.05, 0) is 43.7 Å². The van der Waals surface area contributed by atoms with Crippen LogP contribution < -0.4 is 5.32 Å². The van der Waals surface area contributed by atoms with Crippen molar-refractivity contribution < 1.29 is 4.79 Å². The fraction of sp³-hybridized carbons (Fsp3) is 0.250. The first-order chi connectivity index (χ1) is 13.4. The molecule has 0 saturated carbocycles. The van der Waals surface area contributed by atoms with Crippen LogP contribution in [0.4, 0.5) is 5.69 Å². The van der Waals surface area contributed by atoms with Gasteiger partial charge in [0.1, 0.15) is 5.82 Å². The lowest BCUT2D eigenvalue weighted by atomic mass is 10.2. The third kappa shape index (κ3) is 5.31. The van der Waals surface area contributed by atoms with Crippen molar-refractivity contribution in [1.29, 1.82) is 0 Å². The smallest absolute Gasteiger partial charge is 0.234 e. The number of carbonyl (C=O) groups is 1. The second kappa shape index (κ2) is 9.49. The molecule has 0 bridgehead atoms. The summed E-state index contributed by atoms with van der Waals surface area (Å²) in [5.41, 5.74) is 2.83. The Kier molecular flexibility index (Phi) is 7.04. The highest BCUT2D eigenvalue weighted by Gasteiger charge is 2.13. The molecule has 3 aromatic rings. The number of nitrogens with one attached hydrogen (secondary N) is 1. The minimum Gasteiger partial charge on any atom is -0.325 e. The van der Waals surface area contributed by atoms with Crippen LogP contribution in [0, 0.1) is 13.8 Å². The van der Waals surface area contributed by atoms with E-state index in [1.165, 1.54) is 22.2 Å². The van der Waals surface area contributed by atoms with Gasteiger partial charge in [0.25, 0.3) is 0 Å². The average molecular weight is 433 g/mol. The van der Waals surface area contributed by atoms with Crippen LogP contribution in [0.1, 0.15) is 17.0 Å². The molecule has 0 spiro atoms. The molecule has 0 unspecified atom stereocenters. The zero-order valence-electron chi connectivity index (χ0n) is 15.9. The number of nitrogens with zero attached hydrogens (tertiary/aromatic N) is 3. The van der Waals surface area contributed by atoms with Crippen LogP contribution in [-0.4, -0.2) is 26.4 Å². The van der Waals surface area contributed by atoms with Crippen molar-refractivity contribution in [2.24, 2.45) is 7.05 Å². The lowest BCUT2D eigenvalue weighted by Crippen LogP contribution is -2.15. The predicted molar refractivity (Wildman–Crippen MR) is 117 cm³/mol. The molecule has 1 amide bonds. The number of hydrogen-bond donors (Lipinski definition) is 1. The Morgan fingerprint density at radius 3 is 2.61 bits per heavy atom. The van der Waals surface area contributed by atoms with Gasteiger partial charge in [0.15, 0.2) is 5.16 Å². The highest BCUT2D eigenvalue weighted by Crippen LogP contribution is 2.25. The van der Waals surface area contributed by atoms with Gasteiger partial charge in [-0.25, -0.2) is 0 Å². The van der Waals surface area contributed by atoms with E-state index in [9.17, 15) is 4.79 Å². The van der Waals surface area contributed by atoms with Gasteiger partial charge in [-0.15, -0.1) is 22.0 Å². The van der Waals surface area contributed by atoms with Crippen LogP contribution in [0.2, 0.25) is 5.02 Å². The van der Waals surface area contributed by atoms with E-state index < -0.39 is 0 Å². The number of aryl methyl sites for hydroxylation is 1. The van der Waals surface area contributed by atoms with Crippen LogP contribution in [0.3, 0.4) is 0 Å². The molecule has 1 N–H and O–H groups in total. The Balaban J connectivity index is 1.54. The van der Waals surface area contributed by atoms with Crippen LogP contribution >= 0.6 is 35.1 Å². The van der Waals surface area contributed by atoms with E-state index in [0.29, 0.717) is 5.02 Å². The van der Waals surface area contributed by atoms with Gasteiger partial charge in [-0.3, -0.25) is 4.79 Å². The maximum atomic E-state index is 12.3. The summed E-state index contributed by atoms with van der Waals surface area (Å²) in [6, 6.07) is 13.9. The molecular formula is C20H21ClN4OS2. The summed E-state index contributed by atoms with van der Waals surface area (Å²) in [5, 5.41) is 12.7. The maximum Gasteiger partial charge on any atom is 0.234 e. The van der Waals surface area contributed by atoms with Gasteiger partial charge < -0.3 is 9.88 Å². The summed E-state index contributed by atoms with van der Waals surface area (Å²) in [5.74, 6) is 1.75. The van der Waals surface area contributed by atoms with Gasteiger partial charge >= 0.3 is 0 Å².